The summed E-state index contributed by atoms with van der Waals surface area (Å²) in [5.74, 6) is -2.26. The highest BCUT2D eigenvalue weighted by molar-refractivity contribution is 5.70. The molecule has 0 aromatic heterocycles. The van der Waals surface area contributed by atoms with Crippen molar-refractivity contribution in [2.24, 2.45) is 0 Å². The van der Waals surface area contributed by atoms with Gasteiger partial charge in [0.05, 0.1) is 40.3 Å². The van der Waals surface area contributed by atoms with Crippen LogP contribution in [0.2, 0.25) is 0 Å². The summed E-state index contributed by atoms with van der Waals surface area (Å²) >= 11 is 0. The number of hydrogen-bond donors (Lipinski definition) is 0. The lowest BCUT2D eigenvalue weighted by atomic mass is 10.0. The maximum Gasteiger partial charge on any atom is 0.306 e. The Balaban J connectivity index is 4.08. The van der Waals surface area contributed by atoms with Crippen molar-refractivity contribution in [2.75, 3.05) is 47.5 Å². The molecule has 0 aliphatic rings. The summed E-state index contributed by atoms with van der Waals surface area (Å²) in [5.41, 5.74) is 0. The van der Waals surface area contributed by atoms with Crippen LogP contribution in [0.5, 0.6) is 0 Å². The summed E-state index contributed by atoms with van der Waals surface area (Å²) in [6.07, 6.45) is 77.7. The topological polar surface area (TPSA) is 111 Å². The van der Waals surface area contributed by atoms with Crippen molar-refractivity contribution in [3.63, 3.8) is 0 Å². The van der Waals surface area contributed by atoms with E-state index in [4.69, 9.17) is 18.9 Å². The molecule has 2 atom stereocenters. The van der Waals surface area contributed by atoms with Crippen molar-refractivity contribution in [3.05, 3.63) is 48.6 Å². The van der Waals surface area contributed by atoms with E-state index in [1.807, 2.05) is 21.1 Å². The van der Waals surface area contributed by atoms with Crippen molar-refractivity contribution in [2.45, 2.75) is 347 Å². The zero-order chi connectivity index (χ0) is 59.1. The third kappa shape index (κ3) is 64.7. The Morgan fingerprint density at radius 2 is 0.704 bits per heavy atom. The number of carboxylic acids is 1. The number of aliphatic carboxylic acids is 1. The Hall–Kier alpha value is -2.75. The Kier molecular flexibility index (Phi) is 61.1. The smallest absolute Gasteiger partial charge is 0.306 e. The lowest BCUT2D eigenvalue weighted by Gasteiger charge is -2.26. The van der Waals surface area contributed by atoms with Crippen molar-refractivity contribution in [1.29, 1.82) is 0 Å². The normalized spacial score (nSPS) is 13.0. The van der Waals surface area contributed by atoms with E-state index in [0.29, 0.717) is 23.9 Å². The Morgan fingerprint density at radius 3 is 1.05 bits per heavy atom. The molecule has 0 aliphatic heterocycles. The highest BCUT2D eigenvalue weighted by Crippen LogP contribution is 2.19. The second kappa shape index (κ2) is 63.3. The number of quaternary nitrogens is 1. The van der Waals surface area contributed by atoms with Crippen molar-refractivity contribution < 1.29 is 42.9 Å². The largest absolute Gasteiger partial charge is 0.545 e. The van der Waals surface area contributed by atoms with Gasteiger partial charge in [-0.05, 0) is 51.4 Å². The van der Waals surface area contributed by atoms with Gasteiger partial charge in [0.1, 0.15) is 13.2 Å². The lowest BCUT2D eigenvalue weighted by Crippen LogP contribution is -2.44. The van der Waals surface area contributed by atoms with Gasteiger partial charge in [-0.15, -0.1) is 0 Å². The van der Waals surface area contributed by atoms with Gasteiger partial charge in [0.25, 0.3) is 0 Å². The molecule has 474 valence electrons. The van der Waals surface area contributed by atoms with Gasteiger partial charge in [0.15, 0.2) is 12.4 Å². The van der Waals surface area contributed by atoms with Crippen molar-refractivity contribution in [1.82, 2.24) is 0 Å². The fourth-order valence-electron chi connectivity index (χ4n) is 10.3. The van der Waals surface area contributed by atoms with E-state index in [1.165, 1.54) is 244 Å². The van der Waals surface area contributed by atoms with Crippen LogP contribution in [0.4, 0.5) is 0 Å². The third-order valence-corrected chi connectivity index (χ3v) is 15.6. The van der Waals surface area contributed by atoms with Gasteiger partial charge in [-0.25, -0.2) is 0 Å². The molecule has 0 saturated heterocycles. The molecular weight excluding hydrogens is 1010 g/mol. The number of carbonyl (C=O) groups is 3. The van der Waals surface area contributed by atoms with Gasteiger partial charge in [-0.2, -0.15) is 0 Å². The summed E-state index contributed by atoms with van der Waals surface area (Å²) in [6, 6.07) is 0. The fraction of sp³-hybridized carbons (Fsp3) is 0.847. The minimum absolute atomic E-state index is 0.149. The molecule has 0 saturated carbocycles. The second-order valence-electron chi connectivity index (χ2n) is 24.8. The number of unbranched alkanes of at least 4 members (excludes halogenated alkanes) is 42. The number of hydrogen-bond acceptors (Lipinski definition) is 8. The molecule has 0 aliphatic carbocycles. The van der Waals surface area contributed by atoms with E-state index in [-0.39, 0.29) is 32.2 Å². The van der Waals surface area contributed by atoms with Crippen molar-refractivity contribution >= 4 is 17.9 Å². The summed E-state index contributed by atoms with van der Waals surface area (Å²) < 4.78 is 22.8. The Labute approximate surface area is 502 Å². The monoisotopic (exact) mass is 1140 g/mol. The maximum atomic E-state index is 12.9. The number of carboxylic acid groups (broad SMARTS) is 1. The summed E-state index contributed by atoms with van der Waals surface area (Å²) in [7, 11) is 5.94. The van der Waals surface area contributed by atoms with Crippen LogP contribution in [0, 0.1) is 0 Å². The molecule has 0 radical (unpaired) electrons. The first-order valence-electron chi connectivity index (χ1n) is 34.8. The van der Waals surface area contributed by atoms with Crippen LogP contribution < -0.4 is 5.11 Å². The number of carbonyl (C=O) groups excluding carboxylic acids is 3. The second-order valence-corrected chi connectivity index (χ2v) is 24.8. The number of allylic oxidation sites excluding steroid dienone is 8. The number of likely N-dealkylation sites (N-methyl/N-ethyl adjacent to an activating group) is 1. The molecular formula is C72H133NO8. The molecule has 0 heterocycles. The van der Waals surface area contributed by atoms with Crippen LogP contribution in [-0.4, -0.2) is 82.3 Å². The molecule has 0 aromatic carbocycles. The molecule has 9 heteroatoms. The summed E-state index contributed by atoms with van der Waals surface area (Å²) in [6.45, 7) is 4.70. The van der Waals surface area contributed by atoms with Crippen molar-refractivity contribution in [3.8, 4) is 0 Å². The lowest BCUT2D eigenvalue weighted by molar-refractivity contribution is -0.870. The molecule has 81 heavy (non-hydrogen) atoms. The highest BCUT2D eigenvalue weighted by Gasteiger charge is 2.22. The summed E-state index contributed by atoms with van der Waals surface area (Å²) in [4.78, 5) is 37.5. The number of esters is 2. The molecule has 0 rings (SSSR count). The molecule has 0 aromatic rings. The van der Waals surface area contributed by atoms with Crippen LogP contribution in [-0.2, 0) is 33.3 Å². The SMILES string of the molecule is CC/C=C\C/C=C\C/C=C\C/C=C\CCCCCCCCCCCCCCCCC(=O)OC(COC(=O)CCCCCCCCCCCCCCCCCCCCCCCCCCCCCCC)COC(OCC[N+](C)(C)C)C(=O)[O-]. The van der Waals surface area contributed by atoms with E-state index in [2.05, 4.69) is 62.5 Å². The van der Waals surface area contributed by atoms with Crippen LogP contribution in [0.15, 0.2) is 48.6 Å². The number of rotatable bonds is 65. The first-order chi connectivity index (χ1) is 39.6. The van der Waals surface area contributed by atoms with E-state index < -0.39 is 24.3 Å². The fourth-order valence-corrected chi connectivity index (χ4v) is 10.3. The number of nitrogens with zero attached hydrogens (tertiary/aromatic N) is 1. The quantitative estimate of drug-likeness (QED) is 0.0195. The first-order valence-corrected chi connectivity index (χ1v) is 34.8. The molecule has 0 amide bonds. The average molecular weight is 1140 g/mol. The van der Waals surface area contributed by atoms with Gasteiger partial charge in [0.2, 0.25) is 0 Å². The van der Waals surface area contributed by atoms with Gasteiger partial charge >= 0.3 is 11.9 Å². The van der Waals surface area contributed by atoms with Crippen LogP contribution in [0.25, 0.3) is 0 Å². The Bertz CT molecular complexity index is 1470. The van der Waals surface area contributed by atoms with Gasteiger partial charge in [-0.1, -0.05) is 319 Å². The predicted octanol–water partition coefficient (Wildman–Crippen LogP) is 20.0. The van der Waals surface area contributed by atoms with E-state index in [9.17, 15) is 19.5 Å². The minimum atomic E-state index is -1.62. The molecule has 0 bridgehead atoms. The minimum Gasteiger partial charge on any atom is -0.545 e. The standard InChI is InChI=1S/C72H133NO8/c1-6-8-10-12-14-16-18-20-22-24-26-28-30-32-34-35-37-38-40-42-44-46-48-50-52-54-56-58-60-62-69(74)79-66-68(67-80-72(71(76)77)78-65-64-73(3,4)5)81-70(75)63-61-59-57-55-53-51-49-47-45-43-41-39-36-33-31-29-27-25-23-21-19-17-15-13-11-9-7-2/h9,11,15,17,21,23,27,29,68,72H,6-8,10,12-14,16,18-20,22,24-26,28,30-67H2,1-5H3/b11-9-,17-15-,23-21-,29-27-. The molecule has 0 fully saturated rings. The van der Waals surface area contributed by atoms with Gasteiger partial charge in [0, 0.05) is 12.8 Å². The third-order valence-electron chi connectivity index (χ3n) is 15.6. The molecule has 0 spiro atoms. The average Bonchev–Trinajstić information content (AvgIpc) is 3.44. The van der Waals surface area contributed by atoms with Crippen LogP contribution in [0.1, 0.15) is 335 Å². The number of ether oxygens (including phenoxy) is 4. The first kappa shape index (κ1) is 78.2. The molecule has 0 N–H and O–H groups in total. The van der Waals surface area contributed by atoms with E-state index in [1.54, 1.807) is 0 Å². The van der Waals surface area contributed by atoms with E-state index in [0.717, 1.165) is 57.8 Å². The zero-order valence-electron chi connectivity index (χ0n) is 54.2. The van der Waals surface area contributed by atoms with E-state index >= 15 is 0 Å². The highest BCUT2D eigenvalue weighted by atomic mass is 16.7. The Morgan fingerprint density at radius 1 is 0.383 bits per heavy atom. The van der Waals surface area contributed by atoms with Crippen LogP contribution >= 0.6 is 0 Å². The molecule has 2 unspecified atom stereocenters. The van der Waals surface area contributed by atoms with Crippen LogP contribution in [0.3, 0.4) is 0 Å². The van der Waals surface area contributed by atoms with Gasteiger partial charge in [-0.3, -0.25) is 9.59 Å². The summed E-state index contributed by atoms with van der Waals surface area (Å²) in [5, 5.41) is 11.8. The predicted molar refractivity (Wildman–Crippen MR) is 343 cm³/mol. The zero-order valence-corrected chi connectivity index (χ0v) is 54.2. The maximum absolute atomic E-state index is 12.9. The molecule has 9 nitrogen and oxygen atoms in total. The van der Waals surface area contributed by atoms with Gasteiger partial charge < -0.3 is 33.3 Å².